The maximum atomic E-state index is 5.39. The lowest BCUT2D eigenvalue weighted by molar-refractivity contribution is 0.416. The molecule has 0 saturated heterocycles. The first-order valence-corrected chi connectivity index (χ1v) is 6.75. The quantitative estimate of drug-likeness (QED) is 0.848. The predicted octanol–water partition coefficient (Wildman–Crippen LogP) is 3.98. The Labute approximate surface area is 111 Å². The Morgan fingerprint density at radius 2 is 2.18 bits per heavy atom. The van der Waals surface area contributed by atoms with Crippen LogP contribution in [0.1, 0.15) is 18.2 Å². The van der Waals surface area contributed by atoms with Gasteiger partial charge in [-0.25, -0.2) is 4.98 Å². The summed E-state index contributed by atoms with van der Waals surface area (Å²) in [6.45, 7) is 4.11. The average molecular weight is 265 g/mol. The lowest BCUT2D eigenvalue weighted by Crippen LogP contribution is -1.90. The number of nitrogens with zero attached hydrogens (tertiary/aromatic N) is 1. The molecule has 1 heterocycles. The first kappa shape index (κ1) is 12.5. The summed E-state index contributed by atoms with van der Waals surface area (Å²) in [4.78, 5) is 4.53. The molecule has 2 nitrogen and oxygen atoms in total. The van der Waals surface area contributed by atoms with Gasteiger partial charge in [-0.05, 0) is 31.0 Å². The minimum absolute atomic E-state index is 0.865. The maximum absolute atomic E-state index is 5.39. The Morgan fingerprint density at radius 1 is 1.41 bits per heavy atom. The van der Waals surface area contributed by atoms with Crippen molar-refractivity contribution in [2.24, 2.45) is 0 Å². The van der Waals surface area contributed by atoms with Crippen LogP contribution in [-0.4, -0.2) is 12.1 Å². The number of aromatic nitrogens is 1. The molecule has 0 atom stereocenters. The molecule has 0 aliphatic heterocycles. The van der Waals surface area contributed by atoms with Crippen molar-refractivity contribution in [1.82, 2.24) is 4.98 Å². The van der Waals surface area contributed by atoms with E-state index in [0.29, 0.717) is 0 Å². The molecule has 0 aliphatic rings. The second-order valence-electron chi connectivity index (χ2n) is 3.80. The molecule has 0 aliphatic carbocycles. The highest BCUT2D eigenvalue weighted by molar-refractivity contribution is 7.83. The first-order chi connectivity index (χ1) is 8.15. The van der Waals surface area contributed by atoms with Crippen molar-refractivity contribution in [3.05, 3.63) is 29.5 Å². The molecule has 0 radical (unpaired) electrons. The molecule has 0 bridgehead atoms. The van der Waals surface area contributed by atoms with Gasteiger partial charge >= 0.3 is 0 Å². The summed E-state index contributed by atoms with van der Waals surface area (Å²) < 4.78 is 6.35. The molecule has 0 spiro atoms. The van der Waals surface area contributed by atoms with E-state index in [2.05, 4.69) is 36.7 Å². The van der Waals surface area contributed by atoms with Crippen LogP contribution in [-0.2, 0) is 6.42 Å². The third-order valence-electron chi connectivity index (χ3n) is 2.67. The normalized spacial score (nSPS) is 10.6. The Hall–Kier alpha value is -1.000. The van der Waals surface area contributed by atoms with E-state index in [1.165, 1.54) is 5.56 Å². The lowest BCUT2D eigenvalue weighted by Gasteiger charge is -2.07. The van der Waals surface area contributed by atoms with Crippen molar-refractivity contribution < 1.29 is 4.74 Å². The number of hydrogen-bond donors (Lipinski definition) is 1. The van der Waals surface area contributed by atoms with Gasteiger partial charge in [0.05, 0.1) is 22.6 Å². The number of thiol groups is 1. The minimum Gasteiger partial charge on any atom is -0.496 e. The minimum atomic E-state index is 0.865. The molecule has 2 aromatic rings. The van der Waals surface area contributed by atoms with Crippen LogP contribution in [0.25, 0.3) is 10.6 Å². The highest BCUT2D eigenvalue weighted by atomic mass is 32.2. The van der Waals surface area contributed by atoms with Crippen LogP contribution in [0.4, 0.5) is 0 Å². The van der Waals surface area contributed by atoms with Crippen molar-refractivity contribution in [3.8, 4) is 16.3 Å². The summed E-state index contributed by atoms with van der Waals surface area (Å²) >= 11 is 5.99. The summed E-state index contributed by atoms with van der Waals surface area (Å²) in [5.74, 6) is 0.865. The van der Waals surface area contributed by atoms with Crippen molar-refractivity contribution in [1.29, 1.82) is 0 Å². The fourth-order valence-electron chi connectivity index (χ4n) is 1.65. The van der Waals surface area contributed by atoms with E-state index in [4.69, 9.17) is 4.74 Å². The molecule has 0 saturated carbocycles. The zero-order valence-corrected chi connectivity index (χ0v) is 11.9. The third kappa shape index (κ3) is 2.48. The Balaban J connectivity index is 2.55. The number of hydrogen-bond acceptors (Lipinski definition) is 4. The zero-order chi connectivity index (χ0) is 12.4. The highest BCUT2D eigenvalue weighted by Gasteiger charge is 2.12. The molecule has 0 unspecified atom stereocenters. The molecule has 1 aromatic heterocycles. The molecular weight excluding hydrogens is 250 g/mol. The lowest BCUT2D eigenvalue weighted by atomic mass is 10.1. The molecule has 4 heteroatoms. The topological polar surface area (TPSA) is 22.1 Å². The van der Waals surface area contributed by atoms with Crippen molar-refractivity contribution in [2.75, 3.05) is 7.11 Å². The van der Waals surface area contributed by atoms with Gasteiger partial charge in [0, 0.05) is 0 Å². The number of aryl methyl sites for hydroxylation is 2. The van der Waals surface area contributed by atoms with Crippen LogP contribution in [0.3, 0.4) is 0 Å². The third-order valence-corrected chi connectivity index (χ3v) is 4.27. The van der Waals surface area contributed by atoms with Crippen molar-refractivity contribution in [2.45, 2.75) is 24.5 Å². The highest BCUT2D eigenvalue weighted by Crippen LogP contribution is 2.36. The van der Waals surface area contributed by atoms with Gasteiger partial charge in [-0.3, -0.25) is 0 Å². The zero-order valence-electron chi connectivity index (χ0n) is 10.2. The summed E-state index contributed by atoms with van der Waals surface area (Å²) in [5.41, 5.74) is 3.31. The maximum Gasteiger partial charge on any atom is 0.129 e. The number of ether oxygens (including phenoxy) is 1. The largest absolute Gasteiger partial charge is 0.496 e. The molecule has 0 fully saturated rings. The van der Waals surface area contributed by atoms with E-state index < -0.39 is 0 Å². The van der Waals surface area contributed by atoms with Crippen LogP contribution >= 0.6 is 24.0 Å². The Bertz CT molecular complexity index is 515. The van der Waals surface area contributed by atoms with Gasteiger partial charge in [0.15, 0.2) is 0 Å². The summed E-state index contributed by atoms with van der Waals surface area (Å²) in [7, 11) is 1.69. The predicted molar refractivity (Wildman–Crippen MR) is 75.5 cm³/mol. The van der Waals surface area contributed by atoms with Gasteiger partial charge in [-0.1, -0.05) is 13.0 Å². The molecule has 2 rings (SSSR count). The Morgan fingerprint density at radius 3 is 2.71 bits per heavy atom. The Kier molecular flexibility index (Phi) is 3.74. The molecule has 0 amide bonds. The SMILES string of the molecule is CCc1ccc(OC)c(-c2nc(C)c(S)s2)c1. The van der Waals surface area contributed by atoms with E-state index in [9.17, 15) is 0 Å². The second kappa shape index (κ2) is 5.10. The first-order valence-electron chi connectivity index (χ1n) is 5.49. The number of methoxy groups -OCH3 is 1. The second-order valence-corrected chi connectivity index (χ2v) is 5.55. The molecule has 17 heavy (non-hydrogen) atoms. The number of rotatable bonds is 3. The standard InChI is InChI=1S/C13H15NOS2/c1-4-9-5-6-11(15-3)10(7-9)12-14-8(2)13(16)17-12/h5-7,16H,4H2,1-3H3. The van der Waals surface area contributed by atoms with Crippen LogP contribution in [0.2, 0.25) is 0 Å². The molecule has 90 valence electrons. The van der Waals surface area contributed by atoms with E-state index in [1.54, 1.807) is 18.4 Å². The van der Waals surface area contributed by atoms with Gasteiger partial charge in [-0.2, -0.15) is 0 Å². The van der Waals surface area contributed by atoms with E-state index >= 15 is 0 Å². The van der Waals surface area contributed by atoms with E-state index in [0.717, 1.165) is 32.6 Å². The van der Waals surface area contributed by atoms with Crippen LogP contribution in [0.5, 0.6) is 5.75 Å². The van der Waals surface area contributed by atoms with Crippen molar-refractivity contribution >= 4 is 24.0 Å². The van der Waals surface area contributed by atoms with Crippen LogP contribution < -0.4 is 4.74 Å². The van der Waals surface area contributed by atoms with Crippen LogP contribution in [0, 0.1) is 6.92 Å². The van der Waals surface area contributed by atoms with Crippen molar-refractivity contribution in [3.63, 3.8) is 0 Å². The molecule has 1 aromatic carbocycles. The summed E-state index contributed by atoms with van der Waals surface area (Å²) in [6, 6.07) is 6.23. The summed E-state index contributed by atoms with van der Waals surface area (Å²) in [6.07, 6.45) is 1.01. The molecular formula is C13H15NOS2. The number of thiazole rings is 1. The van der Waals surface area contributed by atoms with Gasteiger partial charge in [0.2, 0.25) is 0 Å². The number of benzene rings is 1. The molecule has 0 N–H and O–H groups in total. The smallest absolute Gasteiger partial charge is 0.129 e. The van der Waals surface area contributed by atoms with E-state index in [-0.39, 0.29) is 0 Å². The average Bonchev–Trinajstić information content (AvgIpc) is 2.68. The van der Waals surface area contributed by atoms with Gasteiger partial charge < -0.3 is 4.74 Å². The van der Waals surface area contributed by atoms with Gasteiger partial charge in [0.25, 0.3) is 0 Å². The van der Waals surface area contributed by atoms with Gasteiger partial charge in [0.1, 0.15) is 10.8 Å². The summed E-state index contributed by atoms with van der Waals surface area (Å²) in [5, 5.41) is 0.972. The monoisotopic (exact) mass is 265 g/mol. The van der Waals surface area contributed by atoms with Gasteiger partial charge in [-0.15, -0.1) is 24.0 Å². The van der Waals surface area contributed by atoms with Crippen LogP contribution in [0.15, 0.2) is 22.4 Å². The fourth-order valence-corrected chi connectivity index (χ4v) is 2.78. The fraction of sp³-hybridized carbons (Fsp3) is 0.308. The van der Waals surface area contributed by atoms with E-state index in [1.807, 2.05) is 13.0 Å².